The molecule has 0 heterocycles. The van der Waals surface area contributed by atoms with Crippen LogP contribution in [-0.4, -0.2) is 24.1 Å². The highest BCUT2D eigenvalue weighted by Crippen LogP contribution is 2.14. The normalized spacial score (nSPS) is 10.7. The molecular formula is C12H22N2O2. The zero-order valence-corrected chi connectivity index (χ0v) is 10.5. The van der Waals surface area contributed by atoms with Crippen molar-refractivity contribution in [2.24, 2.45) is 4.99 Å². The minimum atomic E-state index is -0.118. The molecule has 0 aromatic rings. The molecule has 0 rings (SSSR count). The number of carbonyl (C=O) groups is 1. The standard InChI is InChI=1S/C12H22N2O2/c1-11(16)14-12(2,3)8-6-4-5-7-9-13-10-15/h4-9H2,1-3H3,(H,14,16). The first kappa shape index (κ1) is 14.8. The average molecular weight is 226 g/mol. The van der Waals surface area contributed by atoms with E-state index in [2.05, 4.69) is 10.3 Å². The quantitative estimate of drug-likeness (QED) is 0.392. The zero-order valence-electron chi connectivity index (χ0n) is 10.5. The minimum absolute atomic E-state index is 0.0188. The first-order chi connectivity index (χ1) is 7.48. The number of isocyanates is 1. The van der Waals surface area contributed by atoms with Crippen molar-refractivity contribution in [1.29, 1.82) is 0 Å². The molecule has 0 atom stereocenters. The molecule has 0 aliphatic carbocycles. The van der Waals surface area contributed by atoms with Crippen LogP contribution < -0.4 is 5.32 Å². The van der Waals surface area contributed by atoms with Crippen molar-refractivity contribution in [3.05, 3.63) is 0 Å². The van der Waals surface area contributed by atoms with Gasteiger partial charge >= 0.3 is 0 Å². The summed E-state index contributed by atoms with van der Waals surface area (Å²) in [6, 6.07) is 0. The second kappa shape index (κ2) is 8.05. The molecule has 1 amide bonds. The minimum Gasteiger partial charge on any atom is -0.351 e. The summed E-state index contributed by atoms with van der Waals surface area (Å²) in [6.07, 6.45) is 6.71. The van der Waals surface area contributed by atoms with Crippen molar-refractivity contribution >= 4 is 12.0 Å². The number of hydrogen-bond donors (Lipinski definition) is 1. The summed E-state index contributed by atoms with van der Waals surface area (Å²) in [7, 11) is 0. The molecular weight excluding hydrogens is 204 g/mol. The van der Waals surface area contributed by atoms with E-state index in [1.807, 2.05) is 13.8 Å². The molecule has 16 heavy (non-hydrogen) atoms. The second-order valence-corrected chi connectivity index (χ2v) is 4.70. The maximum absolute atomic E-state index is 10.9. The van der Waals surface area contributed by atoms with Gasteiger partial charge in [0.05, 0.1) is 6.54 Å². The number of aliphatic imine (C=N–C) groups is 1. The van der Waals surface area contributed by atoms with E-state index in [1.54, 1.807) is 6.92 Å². The number of hydrogen-bond acceptors (Lipinski definition) is 3. The van der Waals surface area contributed by atoms with Crippen LogP contribution in [0, 0.1) is 0 Å². The molecule has 0 unspecified atom stereocenters. The molecule has 0 aromatic heterocycles. The van der Waals surface area contributed by atoms with Gasteiger partial charge in [-0.25, -0.2) is 9.79 Å². The lowest BCUT2D eigenvalue weighted by molar-refractivity contribution is -0.120. The van der Waals surface area contributed by atoms with E-state index in [9.17, 15) is 9.59 Å². The molecule has 92 valence electrons. The van der Waals surface area contributed by atoms with Gasteiger partial charge in [0.15, 0.2) is 0 Å². The molecule has 0 saturated heterocycles. The number of carbonyl (C=O) groups excluding carboxylic acids is 2. The summed E-state index contributed by atoms with van der Waals surface area (Å²) in [4.78, 5) is 24.2. The van der Waals surface area contributed by atoms with Gasteiger partial charge in [0, 0.05) is 12.5 Å². The van der Waals surface area contributed by atoms with E-state index in [0.29, 0.717) is 6.54 Å². The van der Waals surface area contributed by atoms with Crippen LogP contribution in [-0.2, 0) is 9.59 Å². The topological polar surface area (TPSA) is 58.5 Å². The Bertz CT molecular complexity index is 256. The van der Waals surface area contributed by atoms with Gasteiger partial charge in [0.2, 0.25) is 12.0 Å². The molecule has 0 aromatic carbocycles. The third-order valence-corrected chi connectivity index (χ3v) is 2.40. The lowest BCUT2D eigenvalue weighted by Crippen LogP contribution is -2.42. The Morgan fingerprint density at radius 3 is 2.44 bits per heavy atom. The fourth-order valence-corrected chi connectivity index (χ4v) is 1.70. The molecule has 0 spiro atoms. The molecule has 0 aliphatic heterocycles. The smallest absolute Gasteiger partial charge is 0.234 e. The van der Waals surface area contributed by atoms with E-state index in [-0.39, 0.29) is 11.4 Å². The van der Waals surface area contributed by atoms with Gasteiger partial charge < -0.3 is 5.32 Å². The molecule has 4 heteroatoms. The zero-order chi connectivity index (χ0) is 12.4. The van der Waals surface area contributed by atoms with Crippen LogP contribution >= 0.6 is 0 Å². The van der Waals surface area contributed by atoms with Crippen LogP contribution in [0.15, 0.2) is 4.99 Å². The molecule has 0 radical (unpaired) electrons. The average Bonchev–Trinajstić information content (AvgIpc) is 2.14. The van der Waals surface area contributed by atoms with Crippen molar-refractivity contribution < 1.29 is 9.59 Å². The second-order valence-electron chi connectivity index (χ2n) is 4.70. The Hall–Kier alpha value is -1.15. The van der Waals surface area contributed by atoms with Crippen molar-refractivity contribution in [2.45, 2.75) is 58.4 Å². The van der Waals surface area contributed by atoms with Crippen molar-refractivity contribution in [3.63, 3.8) is 0 Å². The summed E-state index contributed by atoms with van der Waals surface area (Å²) in [5, 5.41) is 2.92. The number of nitrogens with one attached hydrogen (secondary N) is 1. The van der Waals surface area contributed by atoms with Crippen molar-refractivity contribution in [3.8, 4) is 0 Å². The Morgan fingerprint density at radius 1 is 1.25 bits per heavy atom. The van der Waals surface area contributed by atoms with Crippen molar-refractivity contribution in [1.82, 2.24) is 5.32 Å². The third kappa shape index (κ3) is 9.41. The predicted molar refractivity (Wildman–Crippen MR) is 64.0 cm³/mol. The fraction of sp³-hybridized carbons (Fsp3) is 0.833. The van der Waals surface area contributed by atoms with Crippen LogP contribution in [0.25, 0.3) is 0 Å². The molecule has 4 nitrogen and oxygen atoms in total. The molecule has 0 fully saturated rings. The lowest BCUT2D eigenvalue weighted by Gasteiger charge is -2.25. The molecule has 0 saturated carbocycles. The summed E-state index contributed by atoms with van der Waals surface area (Å²) in [5.41, 5.74) is -0.118. The van der Waals surface area contributed by atoms with Crippen LogP contribution in [0.1, 0.15) is 52.9 Å². The van der Waals surface area contributed by atoms with Gasteiger partial charge in [-0.15, -0.1) is 0 Å². The number of amides is 1. The monoisotopic (exact) mass is 226 g/mol. The van der Waals surface area contributed by atoms with Gasteiger partial charge in [0.1, 0.15) is 0 Å². The SMILES string of the molecule is CC(=O)NC(C)(C)CCCCCCN=C=O. The van der Waals surface area contributed by atoms with E-state index in [1.165, 1.54) is 6.08 Å². The van der Waals surface area contributed by atoms with E-state index < -0.39 is 0 Å². The van der Waals surface area contributed by atoms with Gasteiger partial charge in [0.25, 0.3) is 0 Å². The molecule has 0 bridgehead atoms. The van der Waals surface area contributed by atoms with Gasteiger partial charge in [-0.3, -0.25) is 4.79 Å². The Balaban J connectivity index is 3.49. The summed E-state index contributed by atoms with van der Waals surface area (Å²) in [5.74, 6) is 0.0188. The predicted octanol–water partition coefficient (Wildman–Crippen LogP) is 2.19. The van der Waals surface area contributed by atoms with Crippen LogP contribution in [0.5, 0.6) is 0 Å². The highest BCUT2D eigenvalue weighted by Gasteiger charge is 2.17. The molecule has 0 aliphatic rings. The number of unbranched alkanes of at least 4 members (excludes halogenated alkanes) is 3. The highest BCUT2D eigenvalue weighted by atomic mass is 16.1. The largest absolute Gasteiger partial charge is 0.351 e. The Labute approximate surface area is 97.5 Å². The van der Waals surface area contributed by atoms with Gasteiger partial charge in [-0.05, 0) is 26.7 Å². The maximum atomic E-state index is 10.9. The Kier molecular flexibility index (Phi) is 7.48. The van der Waals surface area contributed by atoms with Gasteiger partial charge in [-0.1, -0.05) is 19.3 Å². The summed E-state index contributed by atoms with van der Waals surface area (Å²) in [6.45, 7) is 6.19. The number of nitrogens with zero attached hydrogens (tertiary/aromatic N) is 1. The maximum Gasteiger partial charge on any atom is 0.234 e. The third-order valence-electron chi connectivity index (χ3n) is 2.40. The van der Waals surface area contributed by atoms with Crippen LogP contribution in [0.3, 0.4) is 0 Å². The van der Waals surface area contributed by atoms with E-state index in [4.69, 9.17) is 0 Å². The van der Waals surface area contributed by atoms with Crippen LogP contribution in [0.2, 0.25) is 0 Å². The number of rotatable bonds is 8. The van der Waals surface area contributed by atoms with Crippen molar-refractivity contribution in [2.75, 3.05) is 6.54 Å². The summed E-state index contributed by atoms with van der Waals surface area (Å²) < 4.78 is 0. The first-order valence-electron chi connectivity index (χ1n) is 5.80. The first-order valence-corrected chi connectivity index (χ1v) is 5.80. The van der Waals surface area contributed by atoms with E-state index in [0.717, 1.165) is 32.1 Å². The fourth-order valence-electron chi connectivity index (χ4n) is 1.70. The van der Waals surface area contributed by atoms with Crippen LogP contribution in [0.4, 0.5) is 0 Å². The summed E-state index contributed by atoms with van der Waals surface area (Å²) >= 11 is 0. The molecule has 1 N–H and O–H groups in total. The Morgan fingerprint density at radius 2 is 1.88 bits per heavy atom. The van der Waals surface area contributed by atoms with E-state index >= 15 is 0 Å². The lowest BCUT2D eigenvalue weighted by atomic mass is 9.96. The highest BCUT2D eigenvalue weighted by molar-refractivity contribution is 5.73. The van der Waals surface area contributed by atoms with Gasteiger partial charge in [-0.2, -0.15) is 0 Å².